The summed E-state index contributed by atoms with van der Waals surface area (Å²) in [7, 11) is 0. The van der Waals surface area contributed by atoms with Crippen LogP contribution in [-0.4, -0.2) is 51.7 Å². The summed E-state index contributed by atoms with van der Waals surface area (Å²) in [6, 6.07) is 2.92. The molecule has 0 aliphatic carbocycles. The Labute approximate surface area is 150 Å². The van der Waals surface area contributed by atoms with Gasteiger partial charge >= 0.3 is 0 Å². The Balaban J connectivity index is 1.93. The standard InChI is InChI=1S/C18H32N4OS/c1-14(9-13-24-5)21-11-7-15(8-12-21)22-16(6-10-19-22)20-17(23)18(2,3)4/h6,10,14-15H,7-9,11-13H2,1-5H3,(H,20,23)/t14-/m0/s1. The predicted octanol–water partition coefficient (Wildman–Crippen LogP) is 3.65. The van der Waals surface area contributed by atoms with Crippen molar-refractivity contribution in [3.8, 4) is 0 Å². The van der Waals surface area contributed by atoms with Crippen LogP contribution < -0.4 is 5.32 Å². The summed E-state index contributed by atoms with van der Waals surface area (Å²) in [6.07, 6.45) is 7.38. The Morgan fingerprint density at radius 2 is 2.08 bits per heavy atom. The first kappa shape index (κ1) is 19.3. The number of aromatic nitrogens is 2. The summed E-state index contributed by atoms with van der Waals surface area (Å²) in [6.45, 7) is 10.3. The van der Waals surface area contributed by atoms with Crippen LogP contribution in [0.4, 0.5) is 5.82 Å². The van der Waals surface area contributed by atoms with Gasteiger partial charge in [-0.15, -0.1) is 0 Å². The third-order valence-corrected chi connectivity index (χ3v) is 5.45. The highest BCUT2D eigenvalue weighted by atomic mass is 32.2. The molecule has 0 radical (unpaired) electrons. The molecule has 1 aliphatic heterocycles. The van der Waals surface area contributed by atoms with Gasteiger partial charge in [0.05, 0.1) is 12.2 Å². The van der Waals surface area contributed by atoms with Gasteiger partial charge in [-0.05, 0) is 38.2 Å². The molecule has 1 saturated heterocycles. The number of hydrogen-bond acceptors (Lipinski definition) is 4. The summed E-state index contributed by atoms with van der Waals surface area (Å²) < 4.78 is 2.01. The minimum atomic E-state index is -0.398. The Morgan fingerprint density at radius 1 is 1.42 bits per heavy atom. The molecule has 1 amide bonds. The van der Waals surface area contributed by atoms with Gasteiger partial charge in [-0.1, -0.05) is 20.8 Å². The molecule has 2 heterocycles. The maximum absolute atomic E-state index is 12.2. The minimum Gasteiger partial charge on any atom is -0.310 e. The van der Waals surface area contributed by atoms with Crippen LogP contribution in [0.1, 0.15) is 53.0 Å². The van der Waals surface area contributed by atoms with Crippen molar-refractivity contribution < 1.29 is 4.79 Å². The Morgan fingerprint density at radius 3 is 2.67 bits per heavy atom. The van der Waals surface area contributed by atoms with Gasteiger partial charge in [0, 0.05) is 30.6 Å². The lowest BCUT2D eigenvalue weighted by atomic mass is 9.96. The number of carbonyl (C=O) groups excluding carboxylic acids is 1. The van der Waals surface area contributed by atoms with E-state index in [1.54, 1.807) is 6.20 Å². The van der Waals surface area contributed by atoms with Crippen LogP contribution in [0.5, 0.6) is 0 Å². The third-order valence-electron chi connectivity index (χ3n) is 4.80. The number of piperidine rings is 1. The molecule has 0 unspecified atom stereocenters. The van der Waals surface area contributed by atoms with Crippen LogP contribution in [-0.2, 0) is 4.79 Å². The van der Waals surface area contributed by atoms with E-state index in [0.29, 0.717) is 12.1 Å². The molecule has 1 atom stereocenters. The number of nitrogens with one attached hydrogen (secondary N) is 1. The second kappa shape index (κ2) is 8.39. The second-order valence-electron chi connectivity index (χ2n) is 7.76. The summed E-state index contributed by atoms with van der Waals surface area (Å²) in [5.74, 6) is 2.08. The van der Waals surface area contributed by atoms with Gasteiger partial charge in [0.1, 0.15) is 5.82 Å². The van der Waals surface area contributed by atoms with Crippen molar-refractivity contribution in [2.24, 2.45) is 5.41 Å². The third kappa shape index (κ3) is 4.99. The summed E-state index contributed by atoms with van der Waals surface area (Å²) in [5.41, 5.74) is -0.398. The number of thioether (sulfide) groups is 1. The van der Waals surface area contributed by atoms with E-state index in [-0.39, 0.29) is 5.91 Å². The molecular formula is C18H32N4OS. The highest BCUT2D eigenvalue weighted by Crippen LogP contribution is 2.27. The highest BCUT2D eigenvalue weighted by Gasteiger charge is 2.27. The lowest BCUT2D eigenvalue weighted by Crippen LogP contribution is -2.41. The Bertz CT molecular complexity index is 529. The van der Waals surface area contributed by atoms with E-state index in [0.717, 1.165) is 31.7 Å². The number of hydrogen-bond donors (Lipinski definition) is 1. The molecule has 6 heteroatoms. The van der Waals surface area contributed by atoms with Crippen molar-refractivity contribution >= 4 is 23.5 Å². The van der Waals surface area contributed by atoms with Gasteiger partial charge in [0.25, 0.3) is 0 Å². The number of nitrogens with zero attached hydrogens (tertiary/aromatic N) is 3. The van der Waals surface area contributed by atoms with Crippen molar-refractivity contribution in [3.05, 3.63) is 12.3 Å². The van der Waals surface area contributed by atoms with Gasteiger partial charge in [-0.25, -0.2) is 4.68 Å². The number of rotatable bonds is 6. The smallest absolute Gasteiger partial charge is 0.230 e. The van der Waals surface area contributed by atoms with Gasteiger partial charge in [0.2, 0.25) is 5.91 Å². The van der Waals surface area contributed by atoms with Crippen LogP contribution in [0, 0.1) is 5.41 Å². The van der Waals surface area contributed by atoms with Gasteiger partial charge in [-0.2, -0.15) is 16.9 Å². The first-order valence-electron chi connectivity index (χ1n) is 8.91. The number of anilines is 1. The molecule has 1 fully saturated rings. The van der Waals surface area contributed by atoms with Crippen molar-refractivity contribution in [2.75, 3.05) is 30.4 Å². The van der Waals surface area contributed by atoms with E-state index in [9.17, 15) is 4.79 Å². The lowest BCUT2D eigenvalue weighted by Gasteiger charge is -2.36. The van der Waals surface area contributed by atoms with Crippen molar-refractivity contribution in [1.82, 2.24) is 14.7 Å². The molecule has 0 saturated carbocycles. The largest absolute Gasteiger partial charge is 0.310 e. The quantitative estimate of drug-likeness (QED) is 0.849. The average Bonchev–Trinajstić information content (AvgIpc) is 3.00. The monoisotopic (exact) mass is 352 g/mol. The van der Waals surface area contributed by atoms with Crippen LogP contribution in [0.3, 0.4) is 0 Å². The summed E-state index contributed by atoms with van der Waals surface area (Å²) >= 11 is 1.92. The topological polar surface area (TPSA) is 50.2 Å². The maximum Gasteiger partial charge on any atom is 0.230 e. The van der Waals surface area contributed by atoms with Gasteiger partial charge < -0.3 is 10.2 Å². The molecule has 1 N–H and O–H groups in total. The minimum absolute atomic E-state index is 0.0346. The molecule has 24 heavy (non-hydrogen) atoms. The second-order valence-corrected chi connectivity index (χ2v) is 8.75. The fourth-order valence-corrected chi connectivity index (χ4v) is 3.63. The molecule has 2 rings (SSSR count). The molecule has 0 spiro atoms. The first-order chi connectivity index (χ1) is 11.3. The van der Waals surface area contributed by atoms with Crippen LogP contribution in [0.15, 0.2) is 12.3 Å². The van der Waals surface area contributed by atoms with E-state index >= 15 is 0 Å². The van der Waals surface area contributed by atoms with E-state index in [1.165, 1.54) is 12.2 Å². The fourth-order valence-electron chi connectivity index (χ4n) is 3.05. The van der Waals surface area contributed by atoms with E-state index in [2.05, 4.69) is 28.5 Å². The fraction of sp³-hybridized carbons (Fsp3) is 0.778. The predicted molar refractivity (Wildman–Crippen MR) is 103 cm³/mol. The van der Waals surface area contributed by atoms with Crippen molar-refractivity contribution in [1.29, 1.82) is 0 Å². The number of carbonyl (C=O) groups is 1. The van der Waals surface area contributed by atoms with Crippen molar-refractivity contribution in [2.45, 2.75) is 59.0 Å². The normalized spacial score (nSPS) is 18.5. The highest BCUT2D eigenvalue weighted by molar-refractivity contribution is 7.98. The number of amides is 1. The molecule has 1 aliphatic rings. The van der Waals surface area contributed by atoms with Crippen LogP contribution in [0.25, 0.3) is 0 Å². The maximum atomic E-state index is 12.2. The van der Waals surface area contributed by atoms with Gasteiger partial charge in [-0.3, -0.25) is 4.79 Å². The summed E-state index contributed by atoms with van der Waals surface area (Å²) in [4.78, 5) is 14.8. The zero-order chi connectivity index (χ0) is 17.7. The molecular weight excluding hydrogens is 320 g/mol. The first-order valence-corrected chi connectivity index (χ1v) is 10.3. The van der Waals surface area contributed by atoms with Crippen LogP contribution >= 0.6 is 11.8 Å². The zero-order valence-electron chi connectivity index (χ0n) is 15.7. The van der Waals surface area contributed by atoms with Crippen LogP contribution in [0.2, 0.25) is 0 Å². The lowest BCUT2D eigenvalue weighted by molar-refractivity contribution is -0.123. The zero-order valence-corrected chi connectivity index (χ0v) is 16.5. The summed E-state index contributed by atoms with van der Waals surface area (Å²) in [5, 5.41) is 7.51. The molecule has 1 aromatic rings. The molecule has 136 valence electrons. The molecule has 0 aromatic carbocycles. The van der Waals surface area contributed by atoms with E-state index in [1.807, 2.05) is 43.3 Å². The average molecular weight is 353 g/mol. The Kier molecular flexibility index (Phi) is 6.75. The SMILES string of the molecule is CSCC[C@H](C)N1CCC(n2nccc2NC(=O)C(C)(C)C)CC1. The molecule has 0 bridgehead atoms. The molecule has 1 aromatic heterocycles. The van der Waals surface area contributed by atoms with Crippen molar-refractivity contribution in [3.63, 3.8) is 0 Å². The number of likely N-dealkylation sites (tertiary alicyclic amines) is 1. The van der Waals surface area contributed by atoms with E-state index in [4.69, 9.17) is 0 Å². The van der Waals surface area contributed by atoms with Gasteiger partial charge in [0.15, 0.2) is 0 Å². The van der Waals surface area contributed by atoms with E-state index < -0.39 is 5.41 Å². The molecule has 5 nitrogen and oxygen atoms in total. The Hall–Kier alpha value is -1.01.